The minimum atomic E-state index is -0.664. The molecule has 1 heterocycles. The fourth-order valence-corrected chi connectivity index (χ4v) is 9.49. The van der Waals surface area contributed by atoms with Gasteiger partial charge in [0, 0.05) is 24.6 Å². The summed E-state index contributed by atoms with van der Waals surface area (Å²) in [6.07, 6.45) is 29.8. The molecule has 0 fully saturated rings. The molecule has 2 nitrogen and oxygen atoms in total. The summed E-state index contributed by atoms with van der Waals surface area (Å²) in [5.41, 5.74) is 18.8. The van der Waals surface area contributed by atoms with Crippen LogP contribution in [0.25, 0.3) is 50.7 Å². The largest absolute Gasteiger partial charge is 0.344 e. The third kappa shape index (κ3) is 7.27. The molecule has 3 aliphatic rings. The van der Waals surface area contributed by atoms with E-state index in [0.29, 0.717) is 6.54 Å². The topological polar surface area (TPSA) is 17.3 Å². The average molecular weight is 797 g/mol. The smallest absolute Gasteiger partial charge is 0.0719 e. The van der Waals surface area contributed by atoms with Crippen LogP contribution in [-0.4, -0.2) is 11.3 Å². The van der Waals surface area contributed by atoms with Gasteiger partial charge < -0.3 is 4.57 Å². The van der Waals surface area contributed by atoms with Crippen molar-refractivity contribution in [2.45, 2.75) is 18.4 Å². The van der Waals surface area contributed by atoms with Crippen molar-refractivity contribution >= 4 is 23.9 Å². The number of aromatic nitrogens is 1. The molecule has 6 aromatic rings. The Labute approximate surface area is 366 Å². The lowest BCUT2D eigenvalue weighted by molar-refractivity contribution is 0.812. The molecular formula is C60H48N2. The number of fused-ring (bicyclic) bond motifs is 8. The molecule has 0 N–H and O–H groups in total. The predicted molar refractivity (Wildman–Crippen MR) is 265 cm³/mol. The van der Waals surface area contributed by atoms with Crippen molar-refractivity contribution in [1.82, 2.24) is 4.57 Å². The molecule has 0 amide bonds. The van der Waals surface area contributed by atoms with Gasteiger partial charge in [0.15, 0.2) is 0 Å². The quantitative estimate of drug-likeness (QED) is 0.0969. The maximum atomic E-state index is 4.93. The van der Waals surface area contributed by atoms with Crippen LogP contribution in [0.1, 0.15) is 38.9 Å². The van der Waals surface area contributed by atoms with E-state index < -0.39 is 5.41 Å². The lowest BCUT2D eigenvalue weighted by Crippen LogP contribution is -2.30. The van der Waals surface area contributed by atoms with Crippen molar-refractivity contribution in [3.8, 4) is 33.5 Å². The Balaban J connectivity index is 1.25. The summed E-state index contributed by atoms with van der Waals surface area (Å²) in [7, 11) is 0. The Morgan fingerprint density at radius 1 is 0.613 bits per heavy atom. The fraction of sp³-hybridized carbons (Fsp3) is 0.0500. The highest BCUT2D eigenvalue weighted by Crippen LogP contribution is 2.62. The minimum absolute atomic E-state index is 0.664. The van der Waals surface area contributed by atoms with Crippen LogP contribution in [0.5, 0.6) is 0 Å². The maximum absolute atomic E-state index is 4.93. The highest BCUT2D eigenvalue weighted by Gasteiger charge is 2.50. The number of allylic oxidation sites excluding steroid dienone is 14. The van der Waals surface area contributed by atoms with Crippen molar-refractivity contribution in [3.63, 3.8) is 0 Å². The standard InChI is InChI=1S/C60H48N2/c1-4-5-30-53-58-54-43-50-27-14-16-31-51(50)52(54)38-39-56(58)60(44(2)22-12-13-25-47-26-15-17-32-55(47)60)59(53)49-36-34-48(35-37-49)57-33-20-28-46(45-23-10-9-11-24-45)29-21-42-62(57)41-19-8-6-7-18-40-61-3/h4-40,42H,1-3,41,43H2/b7-6-,19-8+,22-12-,25-13-,28-20?,30-5-,40-18-,42-21?,46-29?,57-33?. The van der Waals surface area contributed by atoms with Gasteiger partial charge in [0.05, 0.1) is 5.41 Å². The Bertz CT molecular complexity index is 2990. The van der Waals surface area contributed by atoms with Gasteiger partial charge in [-0.2, -0.15) is 0 Å². The zero-order valence-electron chi connectivity index (χ0n) is 34.9. The molecule has 9 rings (SSSR count). The lowest BCUT2D eigenvalue weighted by atomic mass is 9.63. The van der Waals surface area contributed by atoms with E-state index in [9.17, 15) is 0 Å². The highest BCUT2D eigenvalue weighted by molar-refractivity contribution is 6.11. The van der Waals surface area contributed by atoms with Crippen molar-refractivity contribution in [2.24, 2.45) is 4.99 Å². The molecule has 1 unspecified atom stereocenters. The molecule has 1 aromatic heterocycles. The Morgan fingerprint density at radius 3 is 2.18 bits per heavy atom. The van der Waals surface area contributed by atoms with Crippen LogP contribution in [0.3, 0.4) is 0 Å². The second-order valence-electron chi connectivity index (χ2n) is 15.6. The Hall–Kier alpha value is -7.81. The van der Waals surface area contributed by atoms with Crippen molar-refractivity contribution in [2.75, 3.05) is 0 Å². The molecule has 0 bridgehead atoms. The predicted octanol–water partition coefficient (Wildman–Crippen LogP) is 14.9. The van der Waals surface area contributed by atoms with E-state index in [-0.39, 0.29) is 0 Å². The third-order valence-corrected chi connectivity index (χ3v) is 12.2. The van der Waals surface area contributed by atoms with E-state index in [1.54, 1.807) is 6.20 Å². The van der Waals surface area contributed by atoms with Gasteiger partial charge in [-0.1, -0.05) is 213 Å². The second-order valence-corrected chi connectivity index (χ2v) is 15.6. The van der Waals surface area contributed by atoms with Crippen LogP contribution in [0, 0.1) is 0 Å². The third-order valence-electron chi connectivity index (χ3n) is 12.2. The van der Waals surface area contributed by atoms with E-state index >= 15 is 0 Å². The second kappa shape index (κ2) is 17.8. The lowest BCUT2D eigenvalue weighted by Gasteiger charge is -2.38. The van der Waals surface area contributed by atoms with Crippen LogP contribution in [0.15, 0.2) is 249 Å². The molecule has 0 radical (unpaired) electrons. The first-order valence-electron chi connectivity index (χ1n) is 21.2. The van der Waals surface area contributed by atoms with Crippen LogP contribution in [0.4, 0.5) is 0 Å². The molecule has 3 aliphatic carbocycles. The summed E-state index contributed by atoms with van der Waals surface area (Å²) in [5, 5.41) is 0. The fourth-order valence-electron chi connectivity index (χ4n) is 9.49. The molecule has 298 valence electrons. The first kappa shape index (κ1) is 39.6. The SMILES string of the molecule is C=C/C=C\C1=C(c2ccc(-c3cccc(-c4ccccc4)cccn3C/C=C/C=C\C=C/N=C)cc2)C2(C(=C)/C=C\C=C/c3ccccc32)c2ccc3c(c21)Cc1ccccc1-3. The zero-order valence-corrected chi connectivity index (χ0v) is 34.9. The summed E-state index contributed by atoms with van der Waals surface area (Å²) in [6, 6.07) is 53.0. The van der Waals surface area contributed by atoms with Gasteiger partial charge >= 0.3 is 0 Å². The van der Waals surface area contributed by atoms with Crippen LogP contribution >= 0.6 is 0 Å². The van der Waals surface area contributed by atoms with E-state index in [1.165, 1.54) is 61.2 Å². The average Bonchev–Trinajstić information content (AvgIpc) is 3.86. The highest BCUT2D eigenvalue weighted by atomic mass is 14.9. The van der Waals surface area contributed by atoms with Crippen molar-refractivity contribution in [3.05, 3.63) is 283 Å². The molecule has 1 atom stereocenters. The number of aliphatic imine (C=N–C) groups is 1. The van der Waals surface area contributed by atoms with Crippen LogP contribution in [-0.2, 0) is 18.4 Å². The molecule has 0 saturated heterocycles. The molecular weight excluding hydrogens is 749 g/mol. The molecule has 1 spiro atoms. The van der Waals surface area contributed by atoms with Crippen LogP contribution < -0.4 is 0 Å². The number of benzene rings is 5. The van der Waals surface area contributed by atoms with E-state index in [2.05, 4.69) is 223 Å². The summed E-state index contributed by atoms with van der Waals surface area (Å²) < 4.78 is 2.30. The Kier molecular flexibility index (Phi) is 11.4. The minimum Gasteiger partial charge on any atom is -0.344 e. The van der Waals surface area contributed by atoms with Gasteiger partial charge in [-0.25, -0.2) is 0 Å². The Morgan fingerprint density at radius 2 is 1.34 bits per heavy atom. The number of nitrogens with zero attached hydrogens (tertiary/aromatic N) is 2. The van der Waals surface area contributed by atoms with E-state index in [4.69, 9.17) is 6.58 Å². The maximum Gasteiger partial charge on any atom is 0.0719 e. The number of hydrogen-bond donors (Lipinski definition) is 0. The van der Waals surface area contributed by atoms with Gasteiger partial charge in [0.2, 0.25) is 0 Å². The monoisotopic (exact) mass is 796 g/mol. The van der Waals surface area contributed by atoms with E-state index in [1.807, 2.05) is 24.3 Å². The van der Waals surface area contributed by atoms with Gasteiger partial charge in [0.25, 0.3) is 0 Å². The molecule has 0 aliphatic heterocycles. The molecule has 2 heteroatoms. The zero-order chi connectivity index (χ0) is 42.3. The summed E-state index contributed by atoms with van der Waals surface area (Å²) >= 11 is 0. The number of rotatable bonds is 10. The normalized spacial score (nSPS) is 17.2. The van der Waals surface area contributed by atoms with Gasteiger partial charge in [-0.05, 0) is 115 Å². The van der Waals surface area contributed by atoms with Gasteiger partial charge in [-0.3, -0.25) is 4.99 Å². The van der Waals surface area contributed by atoms with Crippen LogP contribution in [0.2, 0.25) is 0 Å². The molecule has 5 aromatic carbocycles. The van der Waals surface area contributed by atoms with Gasteiger partial charge in [-0.15, -0.1) is 0 Å². The van der Waals surface area contributed by atoms with E-state index in [0.717, 1.165) is 34.4 Å². The summed E-state index contributed by atoms with van der Waals surface area (Å²) in [4.78, 5) is 3.79. The first-order chi connectivity index (χ1) is 30.6. The molecule has 62 heavy (non-hydrogen) atoms. The molecule has 0 saturated carbocycles. The van der Waals surface area contributed by atoms with Crippen molar-refractivity contribution < 1.29 is 0 Å². The summed E-state index contributed by atoms with van der Waals surface area (Å²) in [6.45, 7) is 13.2. The first-order valence-corrected chi connectivity index (χ1v) is 21.2. The van der Waals surface area contributed by atoms with Crippen molar-refractivity contribution in [1.29, 1.82) is 0 Å². The number of hydrogen-bond acceptors (Lipinski definition) is 1. The summed E-state index contributed by atoms with van der Waals surface area (Å²) in [5.74, 6) is 0. The van der Waals surface area contributed by atoms with Gasteiger partial charge in [0.1, 0.15) is 0 Å².